The molecule has 2 aromatic rings. The summed E-state index contributed by atoms with van der Waals surface area (Å²) in [7, 11) is 2.24. The second kappa shape index (κ2) is 9.04. The first-order valence-corrected chi connectivity index (χ1v) is 10.6. The molecule has 0 aromatic heterocycles. The maximum Gasteiger partial charge on any atom is 0.254 e. The van der Waals surface area contributed by atoms with Crippen molar-refractivity contribution in [2.75, 3.05) is 38.9 Å². The van der Waals surface area contributed by atoms with Crippen LogP contribution in [0.3, 0.4) is 0 Å². The maximum absolute atomic E-state index is 13.0. The number of ether oxygens (including phenoxy) is 3. The quantitative estimate of drug-likeness (QED) is 0.703. The number of carbonyl (C=O) groups excluding carboxylic acids is 1. The van der Waals surface area contributed by atoms with Crippen molar-refractivity contribution in [1.29, 1.82) is 0 Å². The molecule has 0 heterocycles. The van der Waals surface area contributed by atoms with Crippen molar-refractivity contribution in [3.8, 4) is 17.2 Å². The fourth-order valence-electron chi connectivity index (χ4n) is 2.74. The molecule has 0 saturated carbocycles. The van der Waals surface area contributed by atoms with Crippen molar-refractivity contribution in [2.45, 2.75) is 13.0 Å². The van der Waals surface area contributed by atoms with E-state index in [4.69, 9.17) is 14.2 Å². The first-order valence-electron chi connectivity index (χ1n) is 8.77. The minimum Gasteiger partial charge on any atom is -0.497 e. The molecule has 0 bridgehead atoms. The zero-order valence-corrected chi connectivity index (χ0v) is 18.2. The molecule has 158 valence electrons. The van der Waals surface area contributed by atoms with Gasteiger partial charge >= 0.3 is 0 Å². The normalized spacial score (nSPS) is 12.1. The number of hydrogen-bond donors (Lipinski definition) is 1. The summed E-state index contributed by atoms with van der Waals surface area (Å²) in [6.07, 6.45) is 1.06. The van der Waals surface area contributed by atoms with Crippen LogP contribution in [0.2, 0.25) is 0 Å². The minimum absolute atomic E-state index is 0.149. The van der Waals surface area contributed by atoms with E-state index in [0.717, 1.165) is 16.1 Å². The van der Waals surface area contributed by atoms with Crippen molar-refractivity contribution in [2.24, 2.45) is 0 Å². The highest BCUT2D eigenvalue weighted by Crippen LogP contribution is 2.36. The maximum atomic E-state index is 13.0. The van der Waals surface area contributed by atoms with Crippen molar-refractivity contribution in [3.63, 3.8) is 0 Å². The molecule has 1 atom stereocenters. The lowest BCUT2D eigenvalue weighted by Crippen LogP contribution is -2.31. The van der Waals surface area contributed by atoms with Crippen LogP contribution in [-0.4, -0.2) is 49.0 Å². The third-order valence-electron chi connectivity index (χ3n) is 4.55. The molecule has 0 aliphatic carbocycles. The molecule has 1 amide bonds. The number of hydrogen-bond acceptors (Lipinski definition) is 6. The number of benzene rings is 2. The monoisotopic (exact) mass is 422 g/mol. The second-order valence-electron chi connectivity index (χ2n) is 6.42. The number of rotatable bonds is 8. The Morgan fingerprint density at radius 2 is 1.55 bits per heavy atom. The summed E-state index contributed by atoms with van der Waals surface area (Å²) < 4.78 is 40.9. The Morgan fingerprint density at radius 1 is 1.00 bits per heavy atom. The summed E-state index contributed by atoms with van der Waals surface area (Å²) in [5.74, 6) is 0.905. The van der Waals surface area contributed by atoms with Gasteiger partial charge in [0.1, 0.15) is 5.75 Å². The molecule has 0 aliphatic rings. The van der Waals surface area contributed by atoms with E-state index in [9.17, 15) is 13.2 Å². The third kappa shape index (κ3) is 5.11. The van der Waals surface area contributed by atoms with Gasteiger partial charge in [0.15, 0.2) is 11.5 Å². The van der Waals surface area contributed by atoms with Gasteiger partial charge in [0.2, 0.25) is 10.0 Å². The number of nitrogens with one attached hydrogen (secondary N) is 1. The lowest BCUT2D eigenvalue weighted by atomic mass is 10.1. The van der Waals surface area contributed by atoms with E-state index in [2.05, 4.69) is 5.32 Å². The summed E-state index contributed by atoms with van der Waals surface area (Å²) >= 11 is 0. The first-order chi connectivity index (χ1) is 13.6. The smallest absolute Gasteiger partial charge is 0.254 e. The highest BCUT2D eigenvalue weighted by atomic mass is 32.2. The minimum atomic E-state index is -3.60. The molecular weight excluding hydrogens is 396 g/mol. The molecule has 2 aromatic carbocycles. The Morgan fingerprint density at radius 3 is 2.03 bits per heavy atom. The first kappa shape index (κ1) is 22.4. The third-order valence-corrected chi connectivity index (χ3v) is 5.74. The lowest BCUT2D eigenvalue weighted by molar-refractivity contribution is 0.0940. The average Bonchev–Trinajstić information content (AvgIpc) is 2.71. The highest BCUT2D eigenvalue weighted by Gasteiger charge is 2.24. The molecule has 9 heteroatoms. The van der Waals surface area contributed by atoms with Crippen LogP contribution >= 0.6 is 0 Å². The summed E-state index contributed by atoms with van der Waals surface area (Å²) in [6.45, 7) is 1.83. The van der Waals surface area contributed by atoms with E-state index < -0.39 is 15.9 Å². The Balaban J connectivity index is 2.43. The number of nitrogens with zero attached hydrogens (tertiary/aromatic N) is 1. The van der Waals surface area contributed by atoms with Crippen LogP contribution in [0.5, 0.6) is 17.2 Å². The Kier molecular flexibility index (Phi) is 6.97. The van der Waals surface area contributed by atoms with E-state index in [1.165, 1.54) is 33.4 Å². The van der Waals surface area contributed by atoms with Crippen LogP contribution in [-0.2, 0) is 10.0 Å². The van der Waals surface area contributed by atoms with Crippen LogP contribution in [0.4, 0.5) is 5.69 Å². The lowest BCUT2D eigenvalue weighted by Gasteiger charge is -2.23. The van der Waals surface area contributed by atoms with Gasteiger partial charge in [0, 0.05) is 13.1 Å². The van der Waals surface area contributed by atoms with E-state index in [1.807, 2.05) is 19.1 Å². The number of methoxy groups -OCH3 is 3. The van der Waals surface area contributed by atoms with Crippen LogP contribution < -0.4 is 23.8 Å². The fraction of sp³-hybridized carbons (Fsp3) is 0.350. The molecule has 29 heavy (non-hydrogen) atoms. The van der Waals surface area contributed by atoms with E-state index in [-0.39, 0.29) is 17.3 Å². The summed E-state index contributed by atoms with van der Waals surface area (Å²) in [5, 5.41) is 2.89. The molecule has 1 N–H and O–H groups in total. The Hall–Kier alpha value is -2.94. The molecule has 2 rings (SSSR count). The average molecular weight is 423 g/mol. The van der Waals surface area contributed by atoms with Gasteiger partial charge in [-0.25, -0.2) is 8.42 Å². The topological polar surface area (TPSA) is 94.2 Å². The molecule has 8 nitrogen and oxygen atoms in total. The van der Waals surface area contributed by atoms with Crippen LogP contribution in [0.1, 0.15) is 28.9 Å². The van der Waals surface area contributed by atoms with Gasteiger partial charge in [-0.05, 0) is 30.7 Å². The molecule has 0 saturated heterocycles. The molecule has 0 spiro atoms. The summed E-state index contributed by atoms with van der Waals surface area (Å²) in [5.41, 5.74) is 1.21. The number of anilines is 1. The van der Waals surface area contributed by atoms with Crippen LogP contribution in [0.25, 0.3) is 0 Å². The van der Waals surface area contributed by atoms with Crippen molar-refractivity contribution >= 4 is 21.6 Å². The number of sulfonamides is 1. The Bertz CT molecular complexity index is 973. The van der Waals surface area contributed by atoms with E-state index >= 15 is 0 Å². The van der Waals surface area contributed by atoms with Crippen LogP contribution in [0.15, 0.2) is 36.4 Å². The SMILES string of the molecule is COc1ccc([C@@H](C)NC(=O)c2cc(OC)c(OC)cc2N(C)S(C)(=O)=O)cc1. The predicted molar refractivity (Wildman–Crippen MR) is 112 cm³/mol. The van der Waals surface area contributed by atoms with Gasteiger partial charge < -0.3 is 19.5 Å². The molecular formula is C20H26N2O6S. The largest absolute Gasteiger partial charge is 0.497 e. The Labute approximate surface area is 171 Å². The summed E-state index contributed by atoms with van der Waals surface area (Å²) in [4.78, 5) is 13.0. The predicted octanol–water partition coefficient (Wildman–Crippen LogP) is 2.60. The number of carbonyl (C=O) groups is 1. The van der Waals surface area contributed by atoms with Gasteiger partial charge in [-0.1, -0.05) is 12.1 Å². The van der Waals surface area contributed by atoms with Gasteiger partial charge in [-0.3, -0.25) is 9.10 Å². The van der Waals surface area contributed by atoms with Gasteiger partial charge in [0.25, 0.3) is 5.91 Å². The molecule has 0 unspecified atom stereocenters. The standard InChI is InChI=1S/C20H26N2O6S/c1-13(14-7-9-15(26-3)10-8-14)21-20(23)16-11-18(27-4)19(28-5)12-17(16)22(2)29(6,24)25/h7-13H,1-6H3,(H,21,23)/t13-/m1/s1. The summed E-state index contributed by atoms with van der Waals surface area (Å²) in [6, 6.07) is 9.91. The highest BCUT2D eigenvalue weighted by molar-refractivity contribution is 7.92. The van der Waals surface area contributed by atoms with Crippen LogP contribution in [0, 0.1) is 0 Å². The second-order valence-corrected chi connectivity index (χ2v) is 8.44. The van der Waals surface area contributed by atoms with Crippen molar-refractivity contribution < 1.29 is 27.4 Å². The van der Waals surface area contributed by atoms with E-state index in [0.29, 0.717) is 17.2 Å². The number of amides is 1. The zero-order chi connectivity index (χ0) is 21.8. The molecule has 0 fully saturated rings. The van der Waals surface area contributed by atoms with Crippen molar-refractivity contribution in [3.05, 3.63) is 47.5 Å². The van der Waals surface area contributed by atoms with Gasteiger partial charge in [-0.2, -0.15) is 0 Å². The van der Waals surface area contributed by atoms with E-state index in [1.54, 1.807) is 19.2 Å². The van der Waals surface area contributed by atoms with Crippen molar-refractivity contribution in [1.82, 2.24) is 5.32 Å². The fourth-order valence-corrected chi connectivity index (χ4v) is 3.25. The van der Waals surface area contributed by atoms with Gasteiger partial charge in [0.05, 0.1) is 44.9 Å². The molecule has 0 radical (unpaired) electrons. The zero-order valence-electron chi connectivity index (χ0n) is 17.3. The molecule has 0 aliphatic heterocycles. The van der Waals surface area contributed by atoms with Gasteiger partial charge in [-0.15, -0.1) is 0 Å².